The maximum absolute atomic E-state index is 13.3. The molecule has 0 spiro atoms. The van der Waals surface area contributed by atoms with Crippen molar-refractivity contribution in [2.45, 2.75) is 30.8 Å². The van der Waals surface area contributed by atoms with E-state index >= 15 is 0 Å². The minimum Gasteiger partial charge on any atom is -0.497 e. The van der Waals surface area contributed by atoms with Crippen molar-refractivity contribution in [3.8, 4) is 5.75 Å². The van der Waals surface area contributed by atoms with E-state index in [0.29, 0.717) is 18.0 Å². The molecule has 150 valence electrons. The maximum atomic E-state index is 13.3. The summed E-state index contributed by atoms with van der Waals surface area (Å²) in [5.41, 5.74) is 1.57. The van der Waals surface area contributed by atoms with Gasteiger partial charge in [0.25, 0.3) is 11.7 Å². The van der Waals surface area contributed by atoms with E-state index in [2.05, 4.69) is 22.0 Å². The zero-order chi connectivity index (χ0) is 20.0. The second kappa shape index (κ2) is 7.26. The van der Waals surface area contributed by atoms with Crippen LogP contribution in [0.4, 0.5) is 0 Å². The Morgan fingerprint density at radius 1 is 1.07 bits per heavy atom. The second-order valence-electron chi connectivity index (χ2n) is 8.26. The molecule has 6 heteroatoms. The molecule has 2 aromatic rings. The van der Waals surface area contributed by atoms with E-state index in [1.165, 1.54) is 11.8 Å². The molecule has 4 aliphatic rings. The lowest BCUT2D eigenvalue weighted by molar-refractivity contribution is -0.131. The SMILES string of the molecule is COc1ccc([C@@H]2CN(C(=O)C(=O)c3cccnc3)[C@@H]3C4CCN(CC4)[C@@H]32)cc1. The Morgan fingerprint density at radius 2 is 1.83 bits per heavy atom. The number of benzene rings is 1. The smallest absolute Gasteiger partial charge is 0.295 e. The Labute approximate surface area is 170 Å². The number of hydrogen-bond donors (Lipinski definition) is 0. The number of hydrogen-bond acceptors (Lipinski definition) is 5. The van der Waals surface area contributed by atoms with E-state index < -0.39 is 11.7 Å². The van der Waals surface area contributed by atoms with Crippen molar-refractivity contribution in [2.75, 3.05) is 26.7 Å². The highest BCUT2D eigenvalue weighted by Crippen LogP contribution is 2.46. The van der Waals surface area contributed by atoms with Crippen molar-refractivity contribution >= 4 is 11.7 Å². The van der Waals surface area contributed by atoms with Crippen LogP contribution in [0.1, 0.15) is 34.7 Å². The molecular weight excluding hydrogens is 366 g/mol. The zero-order valence-corrected chi connectivity index (χ0v) is 16.5. The van der Waals surface area contributed by atoms with Gasteiger partial charge in [-0.3, -0.25) is 19.5 Å². The van der Waals surface area contributed by atoms with E-state index in [9.17, 15) is 9.59 Å². The number of nitrogens with zero attached hydrogens (tertiary/aromatic N) is 3. The number of methoxy groups -OCH3 is 1. The second-order valence-corrected chi connectivity index (χ2v) is 8.26. The van der Waals surface area contributed by atoms with Gasteiger partial charge in [0.15, 0.2) is 0 Å². The number of rotatable bonds is 4. The van der Waals surface area contributed by atoms with Crippen molar-refractivity contribution in [3.05, 3.63) is 59.9 Å². The number of ketones is 1. The lowest BCUT2D eigenvalue weighted by Crippen LogP contribution is -2.61. The van der Waals surface area contributed by atoms with Crippen LogP contribution in [0.15, 0.2) is 48.8 Å². The molecule has 0 radical (unpaired) electrons. The number of carbonyl (C=O) groups is 2. The highest BCUT2D eigenvalue weighted by atomic mass is 16.5. The maximum Gasteiger partial charge on any atom is 0.295 e. The van der Waals surface area contributed by atoms with Crippen LogP contribution in [0.5, 0.6) is 5.75 Å². The van der Waals surface area contributed by atoms with Crippen LogP contribution in [-0.4, -0.2) is 65.3 Å². The number of amides is 1. The highest BCUT2D eigenvalue weighted by molar-refractivity contribution is 6.42. The van der Waals surface area contributed by atoms with Gasteiger partial charge in [-0.25, -0.2) is 0 Å². The summed E-state index contributed by atoms with van der Waals surface area (Å²) < 4.78 is 5.30. The average molecular weight is 391 g/mol. The first kappa shape index (κ1) is 18.3. The number of pyridine rings is 1. The standard InChI is InChI=1S/C23H25N3O3/c1-29-18-6-4-15(5-7-18)19-14-26(20-16-8-11-25(12-9-16)21(19)20)23(28)22(27)17-3-2-10-24-13-17/h2-7,10,13,16,19-21H,8-9,11-12,14H2,1H3/t19-,20+,21+/m0/s1. The third-order valence-corrected chi connectivity index (χ3v) is 6.92. The normalized spacial score (nSPS) is 30.1. The van der Waals surface area contributed by atoms with Gasteiger partial charge in [0.05, 0.1) is 13.2 Å². The molecule has 5 heterocycles. The first-order valence-electron chi connectivity index (χ1n) is 10.3. The lowest BCUT2D eigenvalue weighted by atomic mass is 9.75. The number of piperidine rings is 3. The minimum atomic E-state index is -0.455. The Morgan fingerprint density at radius 3 is 2.48 bits per heavy atom. The summed E-state index contributed by atoms with van der Waals surface area (Å²) in [5, 5.41) is 0. The molecule has 4 fully saturated rings. The summed E-state index contributed by atoms with van der Waals surface area (Å²) in [4.78, 5) is 34.5. The predicted octanol–water partition coefficient (Wildman–Crippen LogP) is 2.36. The molecule has 2 bridgehead atoms. The van der Waals surface area contributed by atoms with Crippen LogP contribution in [0.2, 0.25) is 0 Å². The van der Waals surface area contributed by atoms with Crippen LogP contribution < -0.4 is 4.74 Å². The number of likely N-dealkylation sites (tertiary alicyclic amines) is 1. The van der Waals surface area contributed by atoms with E-state index in [1.807, 2.05) is 17.0 Å². The van der Waals surface area contributed by atoms with Gasteiger partial charge in [0, 0.05) is 36.5 Å². The highest BCUT2D eigenvalue weighted by Gasteiger charge is 2.55. The zero-order valence-electron chi connectivity index (χ0n) is 16.5. The fraction of sp³-hybridized carbons (Fsp3) is 0.435. The van der Waals surface area contributed by atoms with Crippen LogP contribution >= 0.6 is 0 Å². The first-order valence-corrected chi connectivity index (χ1v) is 10.3. The van der Waals surface area contributed by atoms with Gasteiger partial charge in [-0.1, -0.05) is 12.1 Å². The molecule has 4 saturated heterocycles. The molecule has 1 aromatic carbocycles. The molecule has 6 rings (SSSR count). The van der Waals surface area contributed by atoms with E-state index in [4.69, 9.17) is 4.74 Å². The van der Waals surface area contributed by atoms with Crippen LogP contribution in [0.25, 0.3) is 0 Å². The molecule has 3 atom stereocenters. The summed E-state index contributed by atoms with van der Waals surface area (Å²) in [6.45, 7) is 2.74. The molecule has 1 aromatic heterocycles. The molecule has 6 nitrogen and oxygen atoms in total. The van der Waals surface area contributed by atoms with Crippen LogP contribution in [0.3, 0.4) is 0 Å². The molecule has 0 aliphatic carbocycles. The molecule has 0 unspecified atom stereocenters. The first-order chi connectivity index (χ1) is 14.2. The van der Waals surface area contributed by atoms with Crippen LogP contribution in [0, 0.1) is 5.92 Å². The Balaban J connectivity index is 1.47. The van der Waals surface area contributed by atoms with E-state index in [0.717, 1.165) is 31.7 Å². The molecule has 0 saturated carbocycles. The molecule has 29 heavy (non-hydrogen) atoms. The van der Waals surface area contributed by atoms with Gasteiger partial charge in [-0.05, 0) is 61.7 Å². The van der Waals surface area contributed by atoms with Crippen molar-refractivity contribution in [3.63, 3.8) is 0 Å². The minimum absolute atomic E-state index is 0.109. The van der Waals surface area contributed by atoms with Gasteiger partial charge in [-0.2, -0.15) is 0 Å². The van der Waals surface area contributed by atoms with E-state index in [1.54, 1.807) is 25.4 Å². The fourth-order valence-corrected chi connectivity index (χ4v) is 5.55. The predicted molar refractivity (Wildman–Crippen MR) is 108 cm³/mol. The molecule has 0 N–H and O–H groups in total. The largest absolute Gasteiger partial charge is 0.497 e. The molecule has 1 amide bonds. The number of carbonyl (C=O) groups excluding carboxylic acids is 2. The quantitative estimate of drug-likeness (QED) is 0.591. The van der Waals surface area contributed by atoms with Crippen molar-refractivity contribution in [1.82, 2.24) is 14.8 Å². The van der Waals surface area contributed by atoms with Gasteiger partial charge < -0.3 is 9.64 Å². The number of fused-ring (bicyclic) bond motifs is 2. The average Bonchev–Trinajstić information content (AvgIpc) is 3.22. The summed E-state index contributed by atoms with van der Waals surface area (Å²) >= 11 is 0. The van der Waals surface area contributed by atoms with E-state index in [-0.39, 0.29) is 18.0 Å². The summed E-state index contributed by atoms with van der Waals surface area (Å²) in [7, 11) is 1.66. The Hall–Kier alpha value is -2.73. The topological polar surface area (TPSA) is 62.7 Å². The van der Waals surface area contributed by atoms with Crippen molar-refractivity contribution in [1.29, 1.82) is 0 Å². The van der Waals surface area contributed by atoms with Gasteiger partial charge in [0.2, 0.25) is 0 Å². The molecular formula is C23H25N3O3. The molecule has 4 aliphatic heterocycles. The third kappa shape index (κ3) is 3.02. The number of ether oxygens (including phenoxy) is 1. The summed E-state index contributed by atoms with van der Waals surface area (Å²) in [6.07, 6.45) is 5.29. The van der Waals surface area contributed by atoms with Gasteiger partial charge >= 0.3 is 0 Å². The monoisotopic (exact) mass is 391 g/mol. The lowest BCUT2D eigenvalue weighted by Gasteiger charge is -2.51. The third-order valence-electron chi connectivity index (χ3n) is 6.92. The summed E-state index contributed by atoms with van der Waals surface area (Å²) in [6, 6.07) is 11.9. The van der Waals surface area contributed by atoms with Crippen LogP contribution in [-0.2, 0) is 4.79 Å². The van der Waals surface area contributed by atoms with Crippen molar-refractivity contribution < 1.29 is 14.3 Å². The summed E-state index contributed by atoms with van der Waals surface area (Å²) in [5.74, 6) is 0.661. The van der Waals surface area contributed by atoms with Gasteiger partial charge in [0.1, 0.15) is 5.75 Å². The number of aromatic nitrogens is 1. The number of Topliss-reactive ketones (excluding diaryl/α,β-unsaturated/α-hetero) is 1. The van der Waals surface area contributed by atoms with Crippen molar-refractivity contribution in [2.24, 2.45) is 5.92 Å². The Kier molecular flexibility index (Phi) is 4.59. The Bertz CT molecular complexity index is 907. The fourth-order valence-electron chi connectivity index (χ4n) is 5.55. The van der Waals surface area contributed by atoms with Gasteiger partial charge in [-0.15, -0.1) is 0 Å².